The van der Waals surface area contributed by atoms with Gasteiger partial charge in [-0.25, -0.2) is 9.78 Å². The Labute approximate surface area is 182 Å². The van der Waals surface area contributed by atoms with Gasteiger partial charge in [-0.1, -0.05) is 6.07 Å². The van der Waals surface area contributed by atoms with Gasteiger partial charge in [-0.05, 0) is 61.7 Å². The van der Waals surface area contributed by atoms with Crippen LogP contribution in [0.2, 0.25) is 0 Å². The Balaban J connectivity index is 1.48. The predicted octanol–water partition coefficient (Wildman–Crippen LogP) is 5.40. The number of rotatable bonds is 8. The maximum Gasteiger partial charge on any atom is 0.341 e. The summed E-state index contributed by atoms with van der Waals surface area (Å²) in [5.41, 5.74) is 2.78. The smallest absolute Gasteiger partial charge is 0.341 e. The number of carbonyl (C=O) groups excluding carboxylic acids is 2. The van der Waals surface area contributed by atoms with Crippen molar-refractivity contribution in [1.82, 2.24) is 4.98 Å². The molecule has 0 spiro atoms. The van der Waals surface area contributed by atoms with Crippen LogP contribution in [0.4, 0.5) is 5.00 Å². The van der Waals surface area contributed by atoms with E-state index in [4.69, 9.17) is 9.47 Å². The number of benzene rings is 1. The van der Waals surface area contributed by atoms with Crippen LogP contribution in [0.25, 0.3) is 0 Å². The Morgan fingerprint density at radius 1 is 1.23 bits per heavy atom. The van der Waals surface area contributed by atoms with E-state index in [1.54, 1.807) is 42.5 Å². The van der Waals surface area contributed by atoms with Crippen LogP contribution in [0.5, 0.6) is 5.75 Å². The molecule has 156 valence electrons. The zero-order chi connectivity index (χ0) is 21.1. The van der Waals surface area contributed by atoms with Crippen LogP contribution >= 0.6 is 22.7 Å². The number of aryl methyl sites for hydroxylation is 1. The van der Waals surface area contributed by atoms with E-state index in [1.807, 2.05) is 17.7 Å². The number of anilines is 1. The fourth-order valence-electron chi connectivity index (χ4n) is 3.11. The van der Waals surface area contributed by atoms with Gasteiger partial charge in [-0.15, -0.1) is 22.7 Å². The average molecular weight is 443 g/mol. The molecule has 0 bridgehead atoms. The molecule has 0 radical (unpaired) electrons. The standard InChI is InChI=1S/C22H22N2O4S2/c1-3-27-22(26)19-18(14-7-8-14)12-30-21(19)24-20(25)15-5-4-6-17(9-15)28-10-16-11-29-13(2)23-16/h4-6,9,11-12,14H,3,7-8,10H2,1-2H3,(H,24,25). The van der Waals surface area contributed by atoms with E-state index in [1.165, 1.54) is 11.3 Å². The van der Waals surface area contributed by atoms with Crippen LogP contribution in [0.15, 0.2) is 35.0 Å². The first-order valence-electron chi connectivity index (χ1n) is 9.79. The Morgan fingerprint density at radius 3 is 2.77 bits per heavy atom. The monoisotopic (exact) mass is 442 g/mol. The van der Waals surface area contributed by atoms with Gasteiger partial charge in [0, 0.05) is 10.9 Å². The van der Waals surface area contributed by atoms with Gasteiger partial charge in [0.15, 0.2) is 0 Å². The highest BCUT2D eigenvalue weighted by Crippen LogP contribution is 2.46. The third-order valence-corrected chi connectivity index (χ3v) is 6.43. The zero-order valence-electron chi connectivity index (χ0n) is 16.8. The predicted molar refractivity (Wildman–Crippen MR) is 118 cm³/mol. The van der Waals surface area contributed by atoms with Crippen LogP contribution in [0.3, 0.4) is 0 Å². The lowest BCUT2D eigenvalue weighted by Gasteiger charge is -2.09. The molecular weight excluding hydrogens is 420 g/mol. The van der Waals surface area contributed by atoms with Gasteiger partial charge >= 0.3 is 5.97 Å². The molecule has 30 heavy (non-hydrogen) atoms. The third kappa shape index (κ3) is 4.71. The first kappa shape index (κ1) is 20.6. The molecule has 2 aromatic heterocycles. The van der Waals surface area contributed by atoms with Crippen molar-refractivity contribution >= 4 is 39.6 Å². The summed E-state index contributed by atoms with van der Waals surface area (Å²) >= 11 is 2.94. The van der Waals surface area contributed by atoms with Crippen molar-refractivity contribution < 1.29 is 19.1 Å². The largest absolute Gasteiger partial charge is 0.487 e. The normalized spacial score (nSPS) is 13.1. The van der Waals surface area contributed by atoms with Gasteiger partial charge in [0.25, 0.3) is 5.91 Å². The molecule has 4 rings (SSSR count). The van der Waals surface area contributed by atoms with E-state index in [-0.39, 0.29) is 11.9 Å². The fourth-order valence-corrected chi connectivity index (χ4v) is 4.73. The summed E-state index contributed by atoms with van der Waals surface area (Å²) in [5, 5.41) is 8.31. The second-order valence-electron chi connectivity index (χ2n) is 7.02. The maximum atomic E-state index is 12.8. The van der Waals surface area contributed by atoms with Crippen molar-refractivity contribution in [2.45, 2.75) is 39.2 Å². The topological polar surface area (TPSA) is 77.5 Å². The fraction of sp³-hybridized carbons (Fsp3) is 0.318. The Kier molecular flexibility index (Phi) is 6.15. The van der Waals surface area contributed by atoms with Crippen LogP contribution < -0.4 is 10.1 Å². The number of esters is 1. The number of amides is 1. The highest BCUT2D eigenvalue weighted by molar-refractivity contribution is 7.15. The van der Waals surface area contributed by atoms with Crippen LogP contribution in [-0.2, 0) is 11.3 Å². The highest BCUT2D eigenvalue weighted by atomic mass is 32.1. The number of ether oxygens (including phenoxy) is 2. The van der Waals surface area contributed by atoms with Gasteiger partial charge < -0.3 is 14.8 Å². The summed E-state index contributed by atoms with van der Waals surface area (Å²) in [4.78, 5) is 29.7. The number of nitrogens with zero attached hydrogens (tertiary/aromatic N) is 1. The van der Waals surface area contributed by atoms with Gasteiger partial charge in [0.1, 0.15) is 17.4 Å². The van der Waals surface area contributed by atoms with E-state index in [2.05, 4.69) is 10.3 Å². The Hall–Kier alpha value is -2.71. The number of hydrogen-bond acceptors (Lipinski definition) is 7. The molecule has 0 aliphatic heterocycles. The number of nitrogens with one attached hydrogen (secondary N) is 1. The molecule has 1 aromatic carbocycles. The molecule has 0 saturated heterocycles. The summed E-state index contributed by atoms with van der Waals surface area (Å²) in [7, 11) is 0. The van der Waals surface area contributed by atoms with Crippen LogP contribution in [0, 0.1) is 6.92 Å². The van der Waals surface area contributed by atoms with Crippen LogP contribution in [-0.4, -0.2) is 23.5 Å². The quantitative estimate of drug-likeness (QED) is 0.473. The van der Waals surface area contributed by atoms with Gasteiger partial charge in [0.05, 0.1) is 22.9 Å². The number of carbonyl (C=O) groups is 2. The molecule has 1 aliphatic carbocycles. The Morgan fingerprint density at radius 2 is 2.07 bits per heavy atom. The average Bonchev–Trinajstić information content (AvgIpc) is 3.37. The minimum Gasteiger partial charge on any atom is -0.487 e. The molecular formula is C22H22N2O4S2. The van der Waals surface area contributed by atoms with Crippen molar-refractivity contribution in [1.29, 1.82) is 0 Å². The Bertz CT molecular complexity index is 1070. The van der Waals surface area contributed by atoms with Crippen molar-refractivity contribution in [2.75, 3.05) is 11.9 Å². The lowest BCUT2D eigenvalue weighted by Crippen LogP contribution is -2.15. The van der Waals surface area contributed by atoms with Gasteiger partial charge in [-0.3, -0.25) is 4.79 Å². The molecule has 1 amide bonds. The molecule has 3 aromatic rings. The lowest BCUT2D eigenvalue weighted by molar-refractivity contribution is 0.0527. The molecule has 8 heteroatoms. The summed E-state index contributed by atoms with van der Waals surface area (Å²) in [6.45, 7) is 4.36. The molecule has 1 saturated carbocycles. The first-order valence-corrected chi connectivity index (χ1v) is 11.5. The van der Waals surface area contributed by atoms with E-state index in [0.717, 1.165) is 29.1 Å². The molecule has 1 N–H and O–H groups in total. The summed E-state index contributed by atoms with van der Waals surface area (Å²) in [6.07, 6.45) is 2.13. The molecule has 0 atom stereocenters. The number of thiazole rings is 1. The summed E-state index contributed by atoms with van der Waals surface area (Å²) in [5.74, 6) is 0.299. The third-order valence-electron chi connectivity index (χ3n) is 4.69. The molecule has 6 nitrogen and oxygen atoms in total. The van der Waals surface area contributed by atoms with Crippen LogP contribution in [0.1, 0.15) is 62.7 Å². The van der Waals surface area contributed by atoms with Crippen molar-refractivity contribution in [3.05, 3.63) is 62.4 Å². The van der Waals surface area contributed by atoms with E-state index in [0.29, 0.717) is 41.0 Å². The number of hydrogen-bond donors (Lipinski definition) is 1. The van der Waals surface area contributed by atoms with Crippen molar-refractivity contribution in [2.24, 2.45) is 0 Å². The molecule has 1 fully saturated rings. The zero-order valence-corrected chi connectivity index (χ0v) is 18.4. The minimum atomic E-state index is -0.383. The van der Waals surface area contributed by atoms with E-state index in [9.17, 15) is 9.59 Å². The number of aromatic nitrogens is 1. The van der Waals surface area contributed by atoms with Gasteiger partial charge in [-0.2, -0.15) is 0 Å². The molecule has 0 unspecified atom stereocenters. The second-order valence-corrected chi connectivity index (χ2v) is 8.96. The van der Waals surface area contributed by atoms with E-state index >= 15 is 0 Å². The minimum absolute atomic E-state index is 0.292. The summed E-state index contributed by atoms with van der Waals surface area (Å²) in [6, 6.07) is 6.98. The van der Waals surface area contributed by atoms with Crippen molar-refractivity contribution in [3.8, 4) is 5.75 Å². The molecule has 1 aliphatic rings. The van der Waals surface area contributed by atoms with E-state index < -0.39 is 0 Å². The van der Waals surface area contributed by atoms with Gasteiger partial charge in [0.2, 0.25) is 0 Å². The second kappa shape index (κ2) is 8.97. The highest BCUT2D eigenvalue weighted by Gasteiger charge is 2.32. The maximum absolute atomic E-state index is 12.8. The summed E-state index contributed by atoms with van der Waals surface area (Å²) < 4.78 is 11.0. The SMILES string of the molecule is CCOC(=O)c1c(C2CC2)csc1NC(=O)c1cccc(OCc2csc(C)n2)c1. The first-order chi connectivity index (χ1) is 14.5. The number of thiophene rings is 1. The lowest BCUT2D eigenvalue weighted by atomic mass is 10.1. The van der Waals surface area contributed by atoms with Crippen molar-refractivity contribution in [3.63, 3.8) is 0 Å². The molecule has 2 heterocycles.